The lowest BCUT2D eigenvalue weighted by atomic mass is 10.4. The summed E-state index contributed by atoms with van der Waals surface area (Å²) in [6.07, 6.45) is 2.04. The number of hydrogen-bond donors (Lipinski definition) is 2. The van der Waals surface area contributed by atoms with Crippen LogP contribution in [-0.4, -0.2) is 31.9 Å². The van der Waals surface area contributed by atoms with Crippen LogP contribution < -0.4 is 4.72 Å². The molecule has 12 heavy (non-hydrogen) atoms. The molecule has 0 bridgehead atoms. The van der Waals surface area contributed by atoms with Crippen LogP contribution in [0, 0.1) is 5.92 Å². The standard InChI is InChI=1S/C7H15NO3S/c1-6(4-9)8-12(10,11)5-7-2-3-7/h6-9H,2-5H2,1H3. The molecule has 1 atom stereocenters. The van der Waals surface area contributed by atoms with Gasteiger partial charge in [0.25, 0.3) is 0 Å². The number of aliphatic hydroxyl groups is 1. The molecule has 4 nitrogen and oxygen atoms in total. The van der Waals surface area contributed by atoms with Crippen LogP contribution in [0.4, 0.5) is 0 Å². The molecule has 2 N–H and O–H groups in total. The predicted octanol–water partition coefficient (Wildman–Crippen LogP) is -0.303. The molecular formula is C7H15NO3S. The number of rotatable bonds is 5. The van der Waals surface area contributed by atoms with E-state index in [1.165, 1.54) is 0 Å². The van der Waals surface area contributed by atoms with Gasteiger partial charge in [-0.15, -0.1) is 0 Å². The molecule has 0 aliphatic heterocycles. The lowest BCUT2D eigenvalue weighted by Crippen LogP contribution is -2.36. The third-order valence-electron chi connectivity index (χ3n) is 1.81. The van der Waals surface area contributed by atoms with E-state index >= 15 is 0 Å². The van der Waals surface area contributed by atoms with Crippen molar-refractivity contribution in [3.05, 3.63) is 0 Å². The van der Waals surface area contributed by atoms with Gasteiger partial charge in [-0.2, -0.15) is 0 Å². The number of aliphatic hydroxyl groups excluding tert-OH is 1. The molecule has 72 valence electrons. The van der Waals surface area contributed by atoms with Gasteiger partial charge in [0.2, 0.25) is 10.0 Å². The smallest absolute Gasteiger partial charge is 0.212 e. The normalized spacial score (nSPS) is 20.8. The summed E-state index contributed by atoms with van der Waals surface area (Å²) in [5, 5.41) is 8.62. The van der Waals surface area contributed by atoms with Crippen molar-refractivity contribution >= 4 is 10.0 Å². The Morgan fingerprint density at radius 2 is 2.17 bits per heavy atom. The van der Waals surface area contributed by atoms with Gasteiger partial charge in [-0.3, -0.25) is 0 Å². The predicted molar refractivity (Wildman–Crippen MR) is 46.2 cm³/mol. The maximum Gasteiger partial charge on any atom is 0.212 e. The summed E-state index contributed by atoms with van der Waals surface area (Å²) in [6.45, 7) is 1.49. The second-order valence-electron chi connectivity index (χ2n) is 3.43. The molecule has 0 aromatic rings. The van der Waals surface area contributed by atoms with Crippen LogP contribution in [0.1, 0.15) is 19.8 Å². The van der Waals surface area contributed by atoms with Crippen LogP contribution >= 0.6 is 0 Å². The maximum atomic E-state index is 11.2. The van der Waals surface area contributed by atoms with Gasteiger partial charge in [-0.05, 0) is 25.7 Å². The molecule has 1 aliphatic rings. The maximum absolute atomic E-state index is 11.2. The van der Waals surface area contributed by atoms with Gasteiger partial charge in [0.15, 0.2) is 0 Å². The first kappa shape index (κ1) is 9.95. The first-order valence-corrected chi connectivity index (χ1v) is 5.79. The SMILES string of the molecule is CC(CO)NS(=O)(=O)CC1CC1. The van der Waals surface area contributed by atoms with E-state index in [2.05, 4.69) is 4.72 Å². The summed E-state index contributed by atoms with van der Waals surface area (Å²) >= 11 is 0. The Balaban J connectivity index is 2.36. The van der Waals surface area contributed by atoms with Gasteiger partial charge in [0.05, 0.1) is 12.4 Å². The van der Waals surface area contributed by atoms with Crippen LogP contribution in [0.15, 0.2) is 0 Å². The Kier molecular flexibility index (Phi) is 3.09. The summed E-state index contributed by atoms with van der Waals surface area (Å²) < 4.78 is 24.9. The first-order valence-electron chi connectivity index (χ1n) is 4.14. The average molecular weight is 193 g/mol. The quantitative estimate of drug-likeness (QED) is 0.630. The molecule has 0 spiro atoms. The molecular weight excluding hydrogens is 178 g/mol. The zero-order valence-corrected chi connectivity index (χ0v) is 7.97. The fourth-order valence-corrected chi connectivity index (χ4v) is 2.72. The zero-order valence-electron chi connectivity index (χ0n) is 7.16. The third-order valence-corrected chi connectivity index (χ3v) is 3.48. The van der Waals surface area contributed by atoms with Gasteiger partial charge in [0.1, 0.15) is 0 Å². The van der Waals surface area contributed by atoms with Crippen LogP contribution in [0.2, 0.25) is 0 Å². The largest absolute Gasteiger partial charge is 0.395 e. The van der Waals surface area contributed by atoms with E-state index in [9.17, 15) is 8.42 Å². The van der Waals surface area contributed by atoms with E-state index in [1.807, 2.05) is 0 Å². The zero-order chi connectivity index (χ0) is 9.19. The minimum atomic E-state index is -3.14. The van der Waals surface area contributed by atoms with Crippen molar-refractivity contribution in [2.75, 3.05) is 12.4 Å². The summed E-state index contributed by atoms with van der Waals surface area (Å²) in [6, 6.07) is -0.367. The average Bonchev–Trinajstić information content (AvgIpc) is 2.69. The highest BCUT2D eigenvalue weighted by Crippen LogP contribution is 2.29. The number of nitrogens with one attached hydrogen (secondary N) is 1. The fourth-order valence-electron chi connectivity index (χ4n) is 0.987. The third kappa shape index (κ3) is 3.51. The van der Waals surface area contributed by atoms with Gasteiger partial charge in [-0.25, -0.2) is 13.1 Å². The Bertz CT molecular complexity index is 233. The topological polar surface area (TPSA) is 66.4 Å². The van der Waals surface area contributed by atoms with Crippen molar-refractivity contribution in [3.63, 3.8) is 0 Å². The number of hydrogen-bond acceptors (Lipinski definition) is 3. The van der Waals surface area contributed by atoms with Gasteiger partial charge in [0, 0.05) is 6.04 Å². The Morgan fingerprint density at radius 3 is 2.58 bits per heavy atom. The first-order chi connectivity index (χ1) is 5.53. The molecule has 0 heterocycles. The van der Waals surface area contributed by atoms with Crippen molar-refractivity contribution in [2.24, 2.45) is 5.92 Å². The number of sulfonamides is 1. The molecule has 0 amide bonds. The van der Waals surface area contributed by atoms with Crippen molar-refractivity contribution in [1.29, 1.82) is 0 Å². The van der Waals surface area contributed by atoms with E-state index in [1.54, 1.807) is 6.92 Å². The summed E-state index contributed by atoms with van der Waals surface area (Å²) in [7, 11) is -3.14. The molecule has 5 heteroatoms. The summed E-state index contributed by atoms with van der Waals surface area (Å²) in [5.41, 5.74) is 0. The van der Waals surface area contributed by atoms with E-state index in [-0.39, 0.29) is 18.4 Å². The Hall–Kier alpha value is -0.130. The molecule has 1 rings (SSSR count). The van der Waals surface area contributed by atoms with Crippen LogP contribution in [0.5, 0.6) is 0 Å². The van der Waals surface area contributed by atoms with Crippen LogP contribution in [-0.2, 0) is 10.0 Å². The highest BCUT2D eigenvalue weighted by Gasteiger charge is 2.28. The van der Waals surface area contributed by atoms with E-state index in [0.29, 0.717) is 5.92 Å². The second kappa shape index (κ2) is 3.72. The molecule has 0 aromatic carbocycles. The van der Waals surface area contributed by atoms with E-state index in [0.717, 1.165) is 12.8 Å². The Labute approximate surface area is 73.0 Å². The van der Waals surface area contributed by atoms with Gasteiger partial charge >= 0.3 is 0 Å². The molecule has 0 aromatic heterocycles. The van der Waals surface area contributed by atoms with Crippen molar-refractivity contribution < 1.29 is 13.5 Å². The highest BCUT2D eigenvalue weighted by molar-refractivity contribution is 7.89. The van der Waals surface area contributed by atoms with Gasteiger partial charge < -0.3 is 5.11 Å². The van der Waals surface area contributed by atoms with Crippen LogP contribution in [0.25, 0.3) is 0 Å². The van der Waals surface area contributed by atoms with Crippen molar-refractivity contribution in [3.8, 4) is 0 Å². The second-order valence-corrected chi connectivity index (χ2v) is 5.22. The van der Waals surface area contributed by atoms with E-state index < -0.39 is 10.0 Å². The molecule has 0 radical (unpaired) electrons. The lowest BCUT2D eigenvalue weighted by molar-refractivity contribution is 0.265. The summed E-state index contributed by atoms with van der Waals surface area (Å²) in [5.74, 6) is 0.575. The molecule has 0 saturated heterocycles. The fraction of sp³-hybridized carbons (Fsp3) is 1.00. The van der Waals surface area contributed by atoms with Crippen molar-refractivity contribution in [2.45, 2.75) is 25.8 Å². The minimum Gasteiger partial charge on any atom is -0.395 e. The molecule has 1 saturated carbocycles. The van der Waals surface area contributed by atoms with Crippen molar-refractivity contribution in [1.82, 2.24) is 4.72 Å². The molecule has 1 aliphatic carbocycles. The molecule has 1 unspecified atom stereocenters. The monoisotopic (exact) mass is 193 g/mol. The highest BCUT2D eigenvalue weighted by atomic mass is 32.2. The summed E-state index contributed by atoms with van der Waals surface area (Å²) in [4.78, 5) is 0. The Morgan fingerprint density at radius 1 is 1.58 bits per heavy atom. The lowest BCUT2D eigenvalue weighted by Gasteiger charge is -2.10. The van der Waals surface area contributed by atoms with Crippen LogP contribution in [0.3, 0.4) is 0 Å². The van der Waals surface area contributed by atoms with Gasteiger partial charge in [-0.1, -0.05) is 0 Å². The van der Waals surface area contributed by atoms with E-state index in [4.69, 9.17) is 5.11 Å². The molecule has 1 fully saturated rings. The minimum absolute atomic E-state index is 0.149.